The smallest absolute Gasteiger partial charge is 0.232 e. The fraction of sp³-hybridized carbons (Fsp3) is 0.800. The highest BCUT2D eigenvalue weighted by Crippen LogP contribution is 2.36. The second-order valence-corrected chi connectivity index (χ2v) is 3.94. The molecule has 4 heteroatoms. The standard InChI is InChI=1S/C10H15NO3/c1-3-7-9(13)11-8(6(2)12)4-5-14-10(7)11/h7-8,10H,3-5H2,1-2H3. The van der Waals surface area contributed by atoms with Crippen molar-refractivity contribution >= 4 is 11.7 Å². The number of ketones is 1. The molecule has 1 amide bonds. The Bertz CT molecular complexity index is 277. The molecule has 2 aliphatic heterocycles. The average molecular weight is 197 g/mol. The number of ether oxygens (including phenoxy) is 1. The maximum atomic E-state index is 11.6. The number of hydrogen-bond donors (Lipinski definition) is 0. The van der Waals surface area contributed by atoms with Crippen LogP contribution in [0, 0.1) is 5.92 Å². The highest BCUT2D eigenvalue weighted by Gasteiger charge is 2.52. The van der Waals surface area contributed by atoms with Crippen molar-refractivity contribution in [2.24, 2.45) is 5.92 Å². The molecule has 78 valence electrons. The summed E-state index contributed by atoms with van der Waals surface area (Å²) < 4.78 is 5.48. The lowest BCUT2D eigenvalue weighted by molar-refractivity contribution is -0.218. The number of β-lactam (4-membered cyclic amide) rings is 1. The van der Waals surface area contributed by atoms with Crippen LogP contribution in [-0.4, -0.2) is 35.5 Å². The van der Waals surface area contributed by atoms with Crippen LogP contribution in [0.1, 0.15) is 26.7 Å². The minimum atomic E-state index is -0.232. The molecule has 0 spiro atoms. The average Bonchev–Trinajstić information content (AvgIpc) is 2.16. The number of fused-ring (bicyclic) bond motifs is 1. The summed E-state index contributed by atoms with van der Waals surface area (Å²) in [4.78, 5) is 24.5. The number of nitrogens with zero attached hydrogens (tertiary/aromatic N) is 1. The van der Waals surface area contributed by atoms with Crippen LogP contribution >= 0.6 is 0 Å². The summed E-state index contributed by atoms with van der Waals surface area (Å²) in [5.74, 6) is 0.135. The minimum Gasteiger partial charge on any atom is -0.357 e. The van der Waals surface area contributed by atoms with Crippen LogP contribution in [-0.2, 0) is 14.3 Å². The minimum absolute atomic E-state index is 0.0165. The van der Waals surface area contributed by atoms with Gasteiger partial charge in [-0.25, -0.2) is 0 Å². The maximum absolute atomic E-state index is 11.6. The third-order valence-corrected chi connectivity index (χ3v) is 3.11. The van der Waals surface area contributed by atoms with E-state index in [0.29, 0.717) is 13.0 Å². The van der Waals surface area contributed by atoms with Gasteiger partial charge in [0, 0.05) is 0 Å². The molecule has 0 aromatic carbocycles. The fourth-order valence-electron chi connectivity index (χ4n) is 2.29. The zero-order valence-corrected chi connectivity index (χ0v) is 8.53. The SMILES string of the molecule is CCC1C(=O)N2C(C(C)=O)CCOC12. The molecule has 0 saturated carbocycles. The molecule has 3 unspecified atom stereocenters. The van der Waals surface area contributed by atoms with Gasteiger partial charge in [0.1, 0.15) is 6.23 Å². The second kappa shape index (κ2) is 3.35. The van der Waals surface area contributed by atoms with Gasteiger partial charge in [-0.05, 0) is 19.8 Å². The van der Waals surface area contributed by atoms with E-state index in [0.717, 1.165) is 6.42 Å². The Labute approximate surface area is 83.2 Å². The molecule has 14 heavy (non-hydrogen) atoms. The summed E-state index contributed by atoms with van der Waals surface area (Å²) in [6.07, 6.45) is 1.31. The Morgan fingerprint density at radius 1 is 1.64 bits per heavy atom. The molecule has 0 aromatic heterocycles. The number of amides is 1. The zero-order chi connectivity index (χ0) is 10.3. The van der Waals surface area contributed by atoms with Crippen LogP contribution in [0.2, 0.25) is 0 Å². The van der Waals surface area contributed by atoms with E-state index in [4.69, 9.17) is 4.74 Å². The number of hydrogen-bond acceptors (Lipinski definition) is 3. The normalized spacial score (nSPS) is 36.3. The van der Waals surface area contributed by atoms with Crippen molar-refractivity contribution in [3.63, 3.8) is 0 Å². The van der Waals surface area contributed by atoms with E-state index < -0.39 is 0 Å². The van der Waals surface area contributed by atoms with Gasteiger partial charge in [-0.1, -0.05) is 6.92 Å². The first-order valence-corrected chi connectivity index (χ1v) is 5.11. The molecular formula is C10H15NO3. The Hall–Kier alpha value is -0.900. The van der Waals surface area contributed by atoms with E-state index in [-0.39, 0.29) is 29.9 Å². The molecule has 3 atom stereocenters. The molecule has 2 saturated heterocycles. The third kappa shape index (κ3) is 1.17. The maximum Gasteiger partial charge on any atom is 0.232 e. The van der Waals surface area contributed by atoms with Crippen molar-refractivity contribution in [2.45, 2.75) is 39.0 Å². The molecule has 0 aromatic rings. The largest absolute Gasteiger partial charge is 0.357 e. The first-order chi connectivity index (χ1) is 6.66. The summed E-state index contributed by atoms with van der Waals surface area (Å²) in [5.41, 5.74) is 0. The van der Waals surface area contributed by atoms with Crippen LogP contribution in [0.15, 0.2) is 0 Å². The number of carbonyl (C=O) groups is 2. The van der Waals surface area contributed by atoms with Crippen molar-refractivity contribution in [3.8, 4) is 0 Å². The van der Waals surface area contributed by atoms with E-state index in [2.05, 4.69) is 0 Å². The lowest BCUT2D eigenvalue weighted by Gasteiger charge is -2.52. The molecule has 2 aliphatic rings. The lowest BCUT2D eigenvalue weighted by Crippen LogP contribution is -2.69. The first-order valence-electron chi connectivity index (χ1n) is 5.11. The summed E-state index contributed by atoms with van der Waals surface area (Å²) in [5, 5.41) is 0. The zero-order valence-electron chi connectivity index (χ0n) is 8.53. The Morgan fingerprint density at radius 2 is 2.36 bits per heavy atom. The highest BCUT2D eigenvalue weighted by molar-refractivity contribution is 5.92. The Kier molecular flexibility index (Phi) is 2.31. The summed E-state index contributed by atoms with van der Waals surface area (Å²) in [6.45, 7) is 4.11. The topological polar surface area (TPSA) is 46.6 Å². The van der Waals surface area contributed by atoms with Gasteiger partial charge in [0.2, 0.25) is 5.91 Å². The van der Waals surface area contributed by atoms with Crippen molar-refractivity contribution in [1.82, 2.24) is 4.90 Å². The summed E-state index contributed by atoms with van der Waals surface area (Å²) in [7, 11) is 0. The van der Waals surface area contributed by atoms with Crippen molar-refractivity contribution in [1.29, 1.82) is 0 Å². The molecule has 2 heterocycles. The number of Topliss-reactive ketones (excluding diaryl/α,β-unsaturated/α-hetero) is 1. The van der Waals surface area contributed by atoms with Gasteiger partial charge < -0.3 is 9.64 Å². The third-order valence-electron chi connectivity index (χ3n) is 3.11. The fourth-order valence-corrected chi connectivity index (χ4v) is 2.29. The Morgan fingerprint density at radius 3 is 2.93 bits per heavy atom. The van der Waals surface area contributed by atoms with Crippen LogP contribution < -0.4 is 0 Å². The number of carbonyl (C=O) groups excluding carboxylic acids is 2. The Balaban J connectivity index is 2.13. The molecule has 0 radical (unpaired) electrons. The molecule has 4 nitrogen and oxygen atoms in total. The molecule has 0 bridgehead atoms. The molecule has 2 fully saturated rings. The van der Waals surface area contributed by atoms with Crippen LogP contribution in [0.5, 0.6) is 0 Å². The number of rotatable bonds is 2. The summed E-state index contributed by atoms with van der Waals surface area (Å²) >= 11 is 0. The summed E-state index contributed by atoms with van der Waals surface area (Å²) in [6, 6.07) is -0.232. The van der Waals surface area contributed by atoms with E-state index in [9.17, 15) is 9.59 Å². The molecule has 0 aliphatic carbocycles. The van der Waals surface area contributed by atoms with E-state index >= 15 is 0 Å². The van der Waals surface area contributed by atoms with Gasteiger partial charge in [-0.3, -0.25) is 9.59 Å². The van der Waals surface area contributed by atoms with Crippen molar-refractivity contribution in [2.75, 3.05) is 6.61 Å². The second-order valence-electron chi connectivity index (χ2n) is 3.94. The first kappa shape index (κ1) is 9.65. The van der Waals surface area contributed by atoms with Crippen LogP contribution in [0.25, 0.3) is 0 Å². The van der Waals surface area contributed by atoms with Gasteiger partial charge in [0.15, 0.2) is 5.78 Å². The predicted molar refractivity (Wildman–Crippen MR) is 49.5 cm³/mol. The predicted octanol–water partition coefficient (Wildman–Crippen LogP) is 0.559. The van der Waals surface area contributed by atoms with Gasteiger partial charge >= 0.3 is 0 Å². The van der Waals surface area contributed by atoms with E-state index in [1.54, 1.807) is 11.8 Å². The van der Waals surface area contributed by atoms with E-state index in [1.165, 1.54) is 0 Å². The molecule has 0 N–H and O–H groups in total. The quantitative estimate of drug-likeness (QED) is 0.608. The van der Waals surface area contributed by atoms with Gasteiger partial charge in [0.25, 0.3) is 0 Å². The molecule has 2 rings (SSSR count). The van der Waals surface area contributed by atoms with Gasteiger partial charge in [-0.15, -0.1) is 0 Å². The van der Waals surface area contributed by atoms with Crippen LogP contribution in [0.3, 0.4) is 0 Å². The van der Waals surface area contributed by atoms with Gasteiger partial charge in [-0.2, -0.15) is 0 Å². The highest BCUT2D eigenvalue weighted by atomic mass is 16.5. The molecular weight excluding hydrogens is 182 g/mol. The van der Waals surface area contributed by atoms with Gasteiger partial charge in [0.05, 0.1) is 18.6 Å². The van der Waals surface area contributed by atoms with Crippen LogP contribution in [0.4, 0.5) is 0 Å². The van der Waals surface area contributed by atoms with Crippen molar-refractivity contribution < 1.29 is 14.3 Å². The monoisotopic (exact) mass is 197 g/mol. The van der Waals surface area contributed by atoms with Crippen molar-refractivity contribution in [3.05, 3.63) is 0 Å². The lowest BCUT2D eigenvalue weighted by atomic mass is 9.88. The van der Waals surface area contributed by atoms with E-state index in [1.807, 2.05) is 6.92 Å².